The minimum Gasteiger partial charge on any atom is -0.330 e. The smallest absolute Gasteiger partial charge is 0.258 e. The number of carbonyl (C=O) groups excluding carboxylic acids is 2. The van der Waals surface area contributed by atoms with E-state index in [1.165, 1.54) is 0 Å². The predicted molar refractivity (Wildman–Crippen MR) is 122 cm³/mol. The van der Waals surface area contributed by atoms with Gasteiger partial charge < -0.3 is 16.0 Å². The zero-order valence-corrected chi connectivity index (χ0v) is 17.5. The standard InChI is InChI=1S/C25H27N3O3/c26-14-6-5-12-20(27)21(29)13-7-15-28-23-17-9-2-3-10-18(17)24(30)22(23)16-8-1-4-11-19(16)25(28)31/h1-4,8-11,20H,5-7,12-15,26-27H2/t20-/m0/s1. The average molecular weight is 418 g/mol. The van der Waals surface area contributed by atoms with Gasteiger partial charge in [-0.05, 0) is 31.9 Å². The third-order valence-corrected chi connectivity index (χ3v) is 6.02. The number of nitrogens with two attached hydrogens (primary N) is 2. The molecule has 1 aromatic heterocycles. The molecule has 1 aliphatic rings. The average Bonchev–Trinajstić information content (AvgIpc) is 3.09. The van der Waals surface area contributed by atoms with Gasteiger partial charge in [0.1, 0.15) is 5.78 Å². The van der Waals surface area contributed by atoms with Gasteiger partial charge >= 0.3 is 0 Å². The summed E-state index contributed by atoms with van der Waals surface area (Å²) in [5.41, 5.74) is 14.0. The molecule has 2 aromatic carbocycles. The molecule has 160 valence electrons. The number of Topliss-reactive ketones (excluding diaryl/α,β-unsaturated/α-hetero) is 1. The number of rotatable bonds is 9. The Bertz CT molecular complexity index is 1210. The molecule has 6 nitrogen and oxygen atoms in total. The van der Waals surface area contributed by atoms with E-state index in [9.17, 15) is 14.4 Å². The lowest BCUT2D eigenvalue weighted by molar-refractivity contribution is -0.120. The molecular formula is C25H27N3O3. The molecule has 6 heteroatoms. The summed E-state index contributed by atoms with van der Waals surface area (Å²) in [7, 11) is 0. The molecule has 4 N–H and O–H groups in total. The van der Waals surface area contributed by atoms with Crippen LogP contribution in [0.3, 0.4) is 0 Å². The van der Waals surface area contributed by atoms with Crippen LogP contribution in [0, 0.1) is 0 Å². The predicted octanol–water partition coefficient (Wildman–Crippen LogP) is 3.02. The van der Waals surface area contributed by atoms with Gasteiger partial charge in [-0.2, -0.15) is 0 Å². The summed E-state index contributed by atoms with van der Waals surface area (Å²) in [6.45, 7) is 0.950. The number of ketones is 2. The molecule has 0 unspecified atom stereocenters. The summed E-state index contributed by atoms with van der Waals surface area (Å²) < 4.78 is 1.66. The number of unbranched alkanes of at least 4 members (excludes halogenated alkanes) is 1. The van der Waals surface area contributed by atoms with Gasteiger partial charge in [0.25, 0.3) is 5.56 Å². The number of benzene rings is 2. The van der Waals surface area contributed by atoms with Crippen LogP contribution in [0.5, 0.6) is 0 Å². The van der Waals surface area contributed by atoms with E-state index in [1.54, 1.807) is 22.8 Å². The zero-order valence-electron chi connectivity index (χ0n) is 17.5. The van der Waals surface area contributed by atoms with Crippen molar-refractivity contribution in [2.75, 3.05) is 6.54 Å². The Hall–Kier alpha value is -3.09. The second-order valence-electron chi connectivity index (χ2n) is 8.06. The van der Waals surface area contributed by atoms with Crippen molar-refractivity contribution in [3.63, 3.8) is 0 Å². The third kappa shape index (κ3) is 3.84. The van der Waals surface area contributed by atoms with Crippen molar-refractivity contribution in [3.05, 3.63) is 70.0 Å². The minimum atomic E-state index is -0.493. The van der Waals surface area contributed by atoms with Crippen LogP contribution in [0.2, 0.25) is 0 Å². The summed E-state index contributed by atoms with van der Waals surface area (Å²) in [5, 5.41) is 1.20. The van der Waals surface area contributed by atoms with Gasteiger partial charge in [0.2, 0.25) is 0 Å². The Morgan fingerprint density at radius 1 is 0.903 bits per heavy atom. The van der Waals surface area contributed by atoms with Crippen LogP contribution in [0.4, 0.5) is 0 Å². The van der Waals surface area contributed by atoms with E-state index in [-0.39, 0.29) is 17.1 Å². The fourth-order valence-corrected chi connectivity index (χ4v) is 4.41. The molecule has 0 saturated carbocycles. The molecule has 4 rings (SSSR count). The molecule has 0 aliphatic heterocycles. The fraction of sp³-hybridized carbons (Fsp3) is 0.320. The summed E-state index contributed by atoms with van der Waals surface area (Å²) >= 11 is 0. The van der Waals surface area contributed by atoms with Gasteiger partial charge in [-0.25, -0.2) is 0 Å². The second-order valence-corrected chi connectivity index (χ2v) is 8.06. The maximum Gasteiger partial charge on any atom is 0.258 e. The normalized spacial score (nSPS) is 13.3. The van der Waals surface area contributed by atoms with E-state index < -0.39 is 6.04 Å². The molecule has 0 saturated heterocycles. The summed E-state index contributed by atoms with van der Waals surface area (Å²) in [5.74, 6) is -0.0625. The first kappa shape index (κ1) is 21.2. The van der Waals surface area contributed by atoms with E-state index >= 15 is 0 Å². The molecule has 0 amide bonds. The van der Waals surface area contributed by atoms with Crippen LogP contribution in [0.1, 0.15) is 48.0 Å². The number of aromatic nitrogens is 1. The van der Waals surface area contributed by atoms with Crippen molar-refractivity contribution in [1.29, 1.82) is 0 Å². The number of carbonyl (C=O) groups is 2. The molecule has 0 fully saturated rings. The Kier molecular flexibility index (Phi) is 6.11. The topological polar surface area (TPSA) is 108 Å². The van der Waals surface area contributed by atoms with Crippen molar-refractivity contribution < 1.29 is 9.59 Å². The first-order valence-electron chi connectivity index (χ1n) is 10.8. The van der Waals surface area contributed by atoms with Crippen molar-refractivity contribution >= 4 is 22.3 Å². The maximum atomic E-state index is 13.3. The number of nitrogens with zero attached hydrogens (tertiary/aromatic N) is 1. The van der Waals surface area contributed by atoms with Crippen LogP contribution in [-0.2, 0) is 11.3 Å². The van der Waals surface area contributed by atoms with Crippen LogP contribution >= 0.6 is 0 Å². The van der Waals surface area contributed by atoms with Crippen LogP contribution in [0.15, 0.2) is 53.3 Å². The van der Waals surface area contributed by atoms with Gasteiger partial charge in [-0.1, -0.05) is 48.9 Å². The molecular weight excluding hydrogens is 390 g/mol. The third-order valence-electron chi connectivity index (χ3n) is 6.02. The summed E-state index contributed by atoms with van der Waals surface area (Å²) in [6, 6.07) is 14.1. The fourth-order valence-electron chi connectivity index (χ4n) is 4.41. The first-order valence-corrected chi connectivity index (χ1v) is 10.8. The van der Waals surface area contributed by atoms with E-state index in [4.69, 9.17) is 11.5 Å². The van der Waals surface area contributed by atoms with E-state index in [2.05, 4.69) is 0 Å². The molecule has 1 heterocycles. The number of hydrogen-bond acceptors (Lipinski definition) is 5. The lowest BCUT2D eigenvalue weighted by atomic mass is 10.0. The highest BCUT2D eigenvalue weighted by atomic mass is 16.1. The van der Waals surface area contributed by atoms with Crippen molar-refractivity contribution in [3.8, 4) is 11.3 Å². The lowest BCUT2D eigenvalue weighted by Gasteiger charge is -2.15. The van der Waals surface area contributed by atoms with Crippen molar-refractivity contribution in [1.82, 2.24) is 4.57 Å². The second kappa shape index (κ2) is 8.96. The van der Waals surface area contributed by atoms with Gasteiger partial charge in [0, 0.05) is 34.9 Å². The highest BCUT2D eigenvalue weighted by Gasteiger charge is 2.32. The first-order chi connectivity index (χ1) is 15.0. The van der Waals surface area contributed by atoms with Crippen LogP contribution in [0.25, 0.3) is 22.0 Å². The Labute approximate surface area is 180 Å². The van der Waals surface area contributed by atoms with Gasteiger partial charge in [-0.15, -0.1) is 0 Å². The SMILES string of the molecule is NCCCC[C@H](N)C(=O)CCCn1c2c(c3ccccc3c1=O)C(=O)c1ccccc1-2. The molecule has 1 atom stereocenters. The molecule has 0 spiro atoms. The van der Waals surface area contributed by atoms with Gasteiger partial charge in [0.15, 0.2) is 5.78 Å². The Morgan fingerprint density at radius 2 is 1.58 bits per heavy atom. The molecule has 1 aliphatic carbocycles. The largest absolute Gasteiger partial charge is 0.330 e. The minimum absolute atomic E-state index is 0.000943. The zero-order chi connectivity index (χ0) is 22.0. The monoisotopic (exact) mass is 417 g/mol. The number of fused-ring (bicyclic) bond motifs is 5. The molecule has 0 radical (unpaired) electrons. The summed E-state index contributed by atoms with van der Waals surface area (Å²) in [6.07, 6.45) is 3.11. The van der Waals surface area contributed by atoms with Crippen molar-refractivity contribution in [2.45, 2.75) is 44.7 Å². The maximum absolute atomic E-state index is 13.3. The Morgan fingerprint density at radius 3 is 2.32 bits per heavy atom. The highest BCUT2D eigenvalue weighted by molar-refractivity contribution is 6.26. The quantitative estimate of drug-likeness (QED) is 0.407. The van der Waals surface area contributed by atoms with Crippen LogP contribution in [-0.4, -0.2) is 28.7 Å². The van der Waals surface area contributed by atoms with Gasteiger partial charge in [0.05, 0.1) is 17.3 Å². The Balaban J connectivity index is 1.65. The van der Waals surface area contributed by atoms with E-state index in [0.29, 0.717) is 59.9 Å². The number of hydrogen-bond donors (Lipinski definition) is 2. The lowest BCUT2D eigenvalue weighted by Crippen LogP contribution is -2.31. The molecule has 3 aromatic rings. The van der Waals surface area contributed by atoms with E-state index in [1.807, 2.05) is 30.3 Å². The molecule has 0 bridgehead atoms. The van der Waals surface area contributed by atoms with E-state index in [0.717, 1.165) is 18.4 Å². The highest BCUT2D eigenvalue weighted by Crippen LogP contribution is 2.39. The van der Waals surface area contributed by atoms with Crippen molar-refractivity contribution in [2.24, 2.45) is 11.5 Å². The summed E-state index contributed by atoms with van der Waals surface area (Å²) in [4.78, 5) is 38.9. The van der Waals surface area contributed by atoms with Gasteiger partial charge in [-0.3, -0.25) is 14.4 Å². The number of pyridine rings is 1. The van der Waals surface area contributed by atoms with Crippen LogP contribution < -0.4 is 17.0 Å². The molecule has 31 heavy (non-hydrogen) atoms.